The Kier molecular flexibility index (Phi) is 6.38. The van der Waals surface area contributed by atoms with Crippen LogP contribution in [0.4, 0.5) is 11.6 Å². The molecule has 0 aliphatic carbocycles. The van der Waals surface area contributed by atoms with Crippen LogP contribution in [0.3, 0.4) is 0 Å². The van der Waals surface area contributed by atoms with Gasteiger partial charge in [0, 0.05) is 26.3 Å². The van der Waals surface area contributed by atoms with Crippen LogP contribution in [0.2, 0.25) is 0 Å². The molecular formula is C12H22N4O2. The number of nitrogens with one attached hydrogen (secondary N) is 2. The van der Waals surface area contributed by atoms with Crippen LogP contribution in [0.15, 0.2) is 6.07 Å². The van der Waals surface area contributed by atoms with Gasteiger partial charge in [0.1, 0.15) is 18.2 Å². The van der Waals surface area contributed by atoms with E-state index < -0.39 is 0 Å². The number of aromatic nitrogens is 2. The average molecular weight is 254 g/mol. The topological polar surface area (TPSA) is 79.3 Å². The maximum Gasteiger partial charge on any atom is 0.158 e. The first-order valence-corrected chi connectivity index (χ1v) is 6.21. The summed E-state index contributed by atoms with van der Waals surface area (Å²) in [6, 6.07) is 1.83. The highest BCUT2D eigenvalue weighted by Gasteiger charge is 2.04. The number of hydrogen-bond donors (Lipinski definition) is 3. The van der Waals surface area contributed by atoms with Gasteiger partial charge in [-0.05, 0) is 20.3 Å². The molecule has 0 amide bonds. The zero-order valence-electron chi connectivity index (χ0n) is 11.2. The summed E-state index contributed by atoms with van der Waals surface area (Å²) in [6.45, 7) is 5.41. The molecule has 0 aliphatic rings. The number of rotatable bonds is 8. The van der Waals surface area contributed by atoms with Crippen molar-refractivity contribution in [2.75, 3.05) is 30.8 Å². The Balaban J connectivity index is 2.64. The molecule has 0 saturated carbocycles. The van der Waals surface area contributed by atoms with Gasteiger partial charge in [0.15, 0.2) is 5.82 Å². The Bertz CT molecular complexity index is 358. The molecule has 1 heterocycles. The van der Waals surface area contributed by atoms with E-state index in [9.17, 15) is 5.11 Å². The number of anilines is 2. The summed E-state index contributed by atoms with van der Waals surface area (Å²) >= 11 is 0. The monoisotopic (exact) mass is 254 g/mol. The first-order chi connectivity index (χ1) is 8.65. The van der Waals surface area contributed by atoms with Crippen molar-refractivity contribution >= 4 is 11.6 Å². The number of aliphatic hydroxyl groups is 1. The summed E-state index contributed by atoms with van der Waals surface area (Å²) in [5, 5.41) is 15.3. The van der Waals surface area contributed by atoms with Crippen molar-refractivity contribution in [1.29, 1.82) is 0 Å². The maximum absolute atomic E-state index is 9.20. The van der Waals surface area contributed by atoms with E-state index in [2.05, 4.69) is 20.6 Å². The fourth-order valence-corrected chi connectivity index (χ4v) is 1.38. The summed E-state index contributed by atoms with van der Waals surface area (Å²) in [5.74, 6) is 2.13. The van der Waals surface area contributed by atoms with E-state index >= 15 is 0 Å². The molecule has 102 valence electrons. The predicted molar refractivity (Wildman–Crippen MR) is 71.7 cm³/mol. The van der Waals surface area contributed by atoms with E-state index in [0.29, 0.717) is 32.0 Å². The number of aliphatic hydroxyl groups excluding tert-OH is 1. The van der Waals surface area contributed by atoms with E-state index in [4.69, 9.17) is 4.74 Å². The van der Waals surface area contributed by atoms with Crippen molar-refractivity contribution in [3.63, 3.8) is 0 Å². The third-order valence-electron chi connectivity index (χ3n) is 2.33. The lowest BCUT2D eigenvalue weighted by Gasteiger charge is -2.10. The van der Waals surface area contributed by atoms with Crippen molar-refractivity contribution in [3.05, 3.63) is 11.9 Å². The molecular weight excluding hydrogens is 232 g/mol. The Morgan fingerprint density at radius 1 is 1.39 bits per heavy atom. The molecule has 0 fully saturated rings. The fraction of sp³-hybridized carbons (Fsp3) is 0.667. The summed E-state index contributed by atoms with van der Waals surface area (Å²) in [7, 11) is 1.81. The molecule has 18 heavy (non-hydrogen) atoms. The second-order valence-corrected chi connectivity index (χ2v) is 4.01. The van der Waals surface area contributed by atoms with Gasteiger partial charge in [0.2, 0.25) is 0 Å². The molecule has 3 N–H and O–H groups in total. The van der Waals surface area contributed by atoms with E-state index in [-0.39, 0.29) is 6.10 Å². The van der Waals surface area contributed by atoms with E-state index in [1.165, 1.54) is 0 Å². The summed E-state index contributed by atoms with van der Waals surface area (Å²) < 4.78 is 5.30. The van der Waals surface area contributed by atoms with Crippen LogP contribution in [0.1, 0.15) is 26.1 Å². The van der Waals surface area contributed by atoms with Crippen molar-refractivity contribution in [2.45, 2.75) is 33.0 Å². The van der Waals surface area contributed by atoms with E-state index in [0.717, 1.165) is 11.6 Å². The van der Waals surface area contributed by atoms with Crippen molar-refractivity contribution in [1.82, 2.24) is 9.97 Å². The second kappa shape index (κ2) is 7.84. The highest BCUT2D eigenvalue weighted by molar-refractivity contribution is 5.47. The largest absolute Gasteiger partial charge is 0.393 e. The molecule has 6 nitrogen and oxygen atoms in total. The molecule has 0 saturated heterocycles. The molecule has 1 aromatic heterocycles. The van der Waals surface area contributed by atoms with Crippen LogP contribution >= 0.6 is 0 Å². The quantitative estimate of drug-likeness (QED) is 0.647. The lowest BCUT2D eigenvalue weighted by Crippen LogP contribution is -2.12. The molecule has 1 atom stereocenters. The van der Waals surface area contributed by atoms with Crippen LogP contribution in [-0.4, -0.2) is 41.4 Å². The molecule has 6 heteroatoms. The van der Waals surface area contributed by atoms with E-state index in [1.54, 1.807) is 6.92 Å². The first-order valence-electron chi connectivity index (χ1n) is 6.21. The predicted octanol–water partition coefficient (Wildman–Crippen LogP) is 1.24. The third-order valence-corrected chi connectivity index (χ3v) is 2.33. The lowest BCUT2D eigenvalue weighted by atomic mass is 10.3. The van der Waals surface area contributed by atoms with E-state index in [1.807, 2.05) is 20.0 Å². The third kappa shape index (κ3) is 5.29. The van der Waals surface area contributed by atoms with Crippen molar-refractivity contribution in [3.8, 4) is 0 Å². The fourth-order valence-electron chi connectivity index (χ4n) is 1.38. The summed E-state index contributed by atoms with van der Waals surface area (Å²) in [6.07, 6.45) is 0.366. The lowest BCUT2D eigenvalue weighted by molar-refractivity contribution is 0.128. The molecule has 0 spiro atoms. The van der Waals surface area contributed by atoms with Crippen LogP contribution in [0, 0.1) is 0 Å². The van der Waals surface area contributed by atoms with Gasteiger partial charge in [-0.25, -0.2) is 9.97 Å². The van der Waals surface area contributed by atoms with Gasteiger partial charge in [-0.1, -0.05) is 0 Å². The van der Waals surface area contributed by atoms with Crippen LogP contribution in [0.25, 0.3) is 0 Å². The van der Waals surface area contributed by atoms with Gasteiger partial charge in [-0.3, -0.25) is 0 Å². The SMILES string of the molecule is CCOCc1nc(NC)cc(NCCC(C)O)n1. The smallest absolute Gasteiger partial charge is 0.158 e. The second-order valence-electron chi connectivity index (χ2n) is 4.01. The minimum absolute atomic E-state index is 0.314. The van der Waals surface area contributed by atoms with Gasteiger partial charge in [0.05, 0.1) is 6.10 Å². The molecule has 1 aromatic rings. The minimum Gasteiger partial charge on any atom is -0.393 e. The van der Waals surface area contributed by atoms with Gasteiger partial charge >= 0.3 is 0 Å². The molecule has 0 radical (unpaired) electrons. The average Bonchev–Trinajstić information content (AvgIpc) is 2.35. The highest BCUT2D eigenvalue weighted by Crippen LogP contribution is 2.11. The van der Waals surface area contributed by atoms with Crippen molar-refractivity contribution < 1.29 is 9.84 Å². The summed E-state index contributed by atoms with van der Waals surface area (Å²) in [5.41, 5.74) is 0. The molecule has 1 unspecified atom stereocenters. The first kappa shape index (κ1) is 14.7. The number of hydrogen-bond acceptors (Lipinski definition) is 6. The van der Waals surface area contributed by atoms with Gasteiger partial charge in [0.25, 0.3) is 0 Å². The Labute approximate surface area is 108 Å². The van der Waals surface area contributed by atoms with Crippen LogP contribution < -0.4 is 10.6 Å². The number of ether oxygens (including phenoxy) is 1. The van der Waals surface area contributed by atoms with Crippen LogP contribution in [0.5, 0.6) is 0 Å². The zero-order valence-corrected chi connectivity index (χ0v) is 11.2. The maximum atomic E-state index is 9.20. The normalized spacial score (nSPS) is 12.2. The number of nitrogens with zero attached hydrogens (tertiary/aromatic N) is 2. The Morgan fingerprint density at radius 2 is 2.11 bits per heavy atom. The minimum atomic E-state index is -0.314. The van der Waals surface area contributed by atoms with Gasteiger partial charge in [-0.2, -0.15) is 0 Å². The standard InChI is InChI=1S/C12H22N4O2/c1-4-18-8-12-15-10(13-3)7-11(16-12)14-6-5-9(2)17/h7,9,17H,4-6,8H2,1-3H3,(H2,13,14,15,16). The van der Waals surface area contributed by atoms with Gasteiger partial charge < -0.3 is 20.5 Å². The zero-order chi connectivity index (χ0) is 13.4. The Morgan fingerprint density at radius 3 is 2.72 bits per heavy atom. The summed E-state index contributed by atoms with van der Waals surface area (Å²) in [4.78, 5) is 8.64. The van der Waals surface area contributed by atoms with Crippen molar-refractivity contribution in [2.24, 2.45) is 0 Å². The molecule has 0 aromatic carbocycles. The highest BCUT2D eigenvalue weighted by atomic mass is 16.5. The Hall–Kier alpha value is -1.40. The molecule has 0 bridgehead atoms. The molecule has 0 aliphatic heterocycles. The van der Waals surface area contributed by atoms with Crippen LogP contribution in [-0.2, 0) is 11.3 Å². The molecule has 1 rings (SSSR count). The van der Waals surface area contributed by atoms with Gasteiger partial charge in [-0.15, -0.1) is 0 Å².